The van der Waals surface area contributed by atoms with Crippen LogP contribution in [0.1, 0.15) is 19.8 Å². The molecule has 0 saturated carbocycles. The average molecular weight is 313 g/mol. The summed E-state index contributed by atoms with van der Waals surface area (Å²) in [6.45, 7) is 5.61. The summed E-state index contributed by atoms with van der Waals surface area (Å²) in [5.74, 6) is 0.965. The number of nitrogens with two attached hydrogens (primary N) is 1. The molecule has 0 radical (unpaired) electrons. The molecule has 1 unspecified atom stereocenters. The monoisotopic (exact) mass is 312 g/mol. The molecule has 2 N–H and O–H groups in total. The molecular formula is C13H21BrN4. The number of likely N-dealkylation sites (tertiary alicyclic amines) is 1. The number of pyridine rings is 1. The van der Waals surface area contributed by atoms with Gasteiger partial charge in [-0.15, -0.1) is 0 Å². The average Bonchev–Trinajstić information content (AvgIpc) is 2.76. The molecule has 2 heterocycles. The van der Waals surface area contributed by atoms with Crippen LogP contribution < -0.4 is 10.6 Å². The largest absolute Gasteiger partial charge is 0.397 e. The van der Waals surface area contributed by atoms with Crippen LogP contribution in [0.4, 0.5) is 11.5 Å². The zero-order valence-electron chi connectivity index (χ0n) is 11.1. The summed E-state index contributed by atoms with van der Waals surface area (Å²) in [5, 5.41) is 0. The van der Waals surface area contributed by atoms with Gasteiger partial charge in [0.05, 0.1) is 16.4 Å². The Bertz CT molecular complexity index is 410. The zero-order valence-corrected chi connectivity index (χ0v) is 12.7. The van der Waals surface area contributed by atoms with Crippen molar-refractivity contribution in [3.8, 4) is 0 Å². The van der Waals surface area contributed by atoms with E-state index in [9.17, 15) is 0 Å². The molecule has 1 aromatic heterocycles. The Kier molecular flexibility index (Phi) is 4.45. The van der Waals surface area contributed by atoms with E-state index in [1.165, 1.54) is 19.4 Å². The van der Waals surface area contributed by atoms with Crippen LogP contribution in [0, 0.1) is 0 Å². The predicted molar refractivity (Wildman–Crippen MR) is 79.9 cm³/mol. The quantitative estimate of drug-likeness (QED) is 0.927. The summed E-state index contributed by atoms with van der Waals surface area (Å²) in [7, 11) is 2.09. The lowest BCUT2D eigenvalue weighted by Crippen LogP contribution is -2.39. The van der Waals surface area contributed by atoms with Crippen LogP contribution in [0.3, 0.4) is 0 Å². The maximum atomic E-state index is 5.72. The van der Waals surface area contributed by atoms with Crippen molar-refractivity contribution in [2.75, 3.05) is 37.3 Å². The second-order valence-corrected chi connectivity index (χ2v) is 5.73. The van der Waals surface area contributed by atoms with Gasteiger partial charge in [-0.1, -0.05) is 6.92 Å². The normalized spacial score (nSPS) is 20.3. The summed E-state index contributed by atoms with van der Waals surface area (Å²) in [6.07, 6.45) is 4.30. The minimum absolute atomic E-state index is 0.645. The number of likely N-dealkylation sites (N-methyl/N-ethyl adjacent to an activating group) is 2. The second kappa shape index (κ2) is 5.89. The van der Waals surface area contributed by atoms with E-state index in [1.54, 1.807) is 6.20 Å². The first-order valence-electron chi connectivity index (χ1n) is 6.48. The van der Waals surface area contributed by atoms with Crippen LogP contribution in [0.15, 0.2) is 16.7 Å². The van der Waals surface area contributed by atoms with Gasteiger partial charge in [-0.3, -0.25) is 4.90 Å². The van der Waals surface area contributed by atoms with Gasteiger partial charge >= 0.3 is 0 Å². The third-order valence-electron chi connectivity index (χ3n) is 3.59. The summed E-state index contributed by atoms with van der Waals surface area (Å²) < 4.78 is 0.964. The Balaban J connectivity index is 2.05. The number of rotatable bonds is 4. The van der Waals surface area contributed by atoms with Crippen LogP contribution in [0.2, 0.25) is 0 Å². The van der Waals surface area contributed by atoms with Gasteiger partial charge in [0.25, 0.3) is 0 Å². The van der Waals surface area contributed by atoms with Crippen molar-refractivity contribution in [2.24, 2.45) is 0 Å². The van der Waals surface area contributed by atoms with Gasteiger partial charge in [0.1, 0.15) is 5.82 Å². The Hall–Kier alpha value is -0.810. The smallest absolute Gasteiger partial charge is 0.142 e. The fourth-order valence-corrected chi connectivity index (χ4v) is 3.32. The highest BCUT2D eigenvalue weighted by Crippen LogP contribution is 2.26. The molecule has 0 aromatic carbocycles. The van der Waals surface area contributed by atoms with E-state index in [1.807, 2.05) is 6.07 Å². The van der Waals surface area contributed by atoms with E-state index >= 15 is 0 Å². The van der Waals surface area contributed by atoms with Crippen molar-refractivity contribution in [1.82, 2.24) is 9.88 Å². The molecule has 1 fully saturated rings. The number of nitrogen functional groups attached to an aromatic ring is 1. The Morgan fingerprint density at radius 3 is 3.06 bits per heavy atom. The first-order chi connectivity index (χ1) is 8.61. The summed E-state index contributed by atoms with van der Waals surface area (Å²) in [6, 6.07) is 2.55. The molecule has 0 aliphatic carbocycles. The summed E-state index contributed by atoms with van der Waals surface area (Å²) in [4.78, 5) is 9.16. The van der Waals surface area contributed by atoms with E-state index in [0.29, 0.717) is 11.7 Å². The van der Waals surface area contributed by atoms with Crippen molar-refractivity contribution in [1.29, 1.82) is 0 Å². The van der Waals surface area contributed by atoms with Crippen molar-refractivity contribution < 1.29 is 0 Å². The maximum absolute atomic E-state index is 5.72. The number of halogens is 1. The Morgan fingerprint density at radius 2 is 2.39 bits per heavy atom. The standard InChI is InChI=1S/C13H21BrN4/c1-3-18-6-4-5-11(18)9-17(2)13-12(14)7-10(15)8-16-13/h7-8,11H,3-6,9,15H2,1-2H3. The Morgan fingerprint density at radius 1 is 1.61 bits per heavy atom. The van der Waals surface area contributed by atoms with Gasteiger partial charge < -0.3 is 10.6 Å². The topological polar surface area (TPSA) is 45.4 Å². The van der Waals surface area contributed by atoms with Gasteiger partial charge in [-0.2, -0.15) is 0 Å². The number of nitrogens with zero attached hydrogens (tertiary/aromatic N) is 3. The molecule has 1 saturated heterocycles. The van der Waals surface area contributed by atoms with E-state index in [2.05, 4.69) is 44.7 Å². The minimum atomic E-state index is 0.645. The Labute approximate surface area is 117 Å². The maximum Gasteiger partial charge on any atom is 0.142 e. The molecule has 0 spiro atoms. The fourth-order valence-electron chi connectivity index (χ4n) is 2.65. The molecular weight excluding hydrogens is 292 g/mol. The molecule has 5 heteroatoms. The fraction of sp³-hybridized carbons (Fsp3) is 0.615. The molecule has 1 atom stereocenters. The lowest BCUT2D eigenvalue weighted by Gasteiger charge is -2.28. The SMILES string of the molecule is CCN1CCCC1CN(C)c1ncc(N)cc1Br. The highest BCUT2D eigenvalue weighted by atomic mass is 79.9. The first kappa shape index (κ1) is 13.6. The molecule has 1 aliphatic heterocycles. The number of anilines is 2. The van der Waals surface area contributed by atoms with Gasteiger partial charge in [-0.25, -0.2) is 4.98 Å². The van der Waals surface area contributed by atoms with E-state index < -0.39 is 0 Å². The van der Waals surface area contributed by atoms with Crippen molar-refractivity contribution in [3.05, 3.63) is 16.7 Å². The van der Waals surface area contributed by atoms with Crippen LogP contribution in [0.25, 0.3) is 0 Å². The van der Waals surface area contributed by atoms with Crippen LogP contribution in [-0.2, 0) is 0 Å². The first-order valence-corrected chi connectivity index (χ1v) is 7.27. The molecule has 1 aromatic rings. The highest BCUT2D eigenvalue weighted by Gasteiger charge is 2.24. The van der Waals surface area contributed by atoms with Crippen molar-refractivity contribution in [2.45, 2.75) is 25.8 Å². The summed E-state index contributed by atoms with van der Waals surface area (Å²) in [5.41, 5.74) is 6.41. The molecule has 2 rings (SSSR count). The minimum Gasteiger partial charge on any atom is -0.397 e. The zero-order chi connectivity index (χ0) is 13.1. The van der Waals surface area contributed by atoms with Gasteiger partial charge in [0.15, 0.2) is 0 Å². The third-order valence-corrected chi connectivity index (χ3v) is 4.18. The lowest BCUT2D eigenvalue weighted by atomic mass is 10.2. The molecule has 4 nitrogen and oxygen atoms in total. The molecule has 0 amide bonds. The predicted octanol–water partition coefficient (Wildman–Crippen LogP) is 2.35. The molecule has 1 aliphatic rings. The van der Waals surface area contributed by atoms with Crippen molar-refractivity contribution in [3.63, 3.8) is 0 Å². The van der Waals surface area contributed by atoms with E-state index in [4.69, 9.17) is 5.73 Å². The third kappa shape index (κ3) is 2.95. The van der Waals surface area contributed by atoms with Crippen LogP contribution >= 0.6 is 15.9 Å². The van der Waals surface area contributed by atoms with Crippen LogP contribution in [0.5, 0.6) is 0 Å². The number of aromatic nitrogens is 1. The van der Waals surface area contributed by atoms with E-state index in [-0.39, 0.29) is 0 Å². The molecule has 0 bridgehead atoms. The lowest BCUT2D eigenvalue weighted by molar-refractivity contribution is 0.270. The van der Waals surface area contributed by atoms with Gasteiger partial charge in [0.2, 0.25) is 0 Å². The number of hydrogen-bond donors (Lipinski definition) is 1. The van der Waals surface area contributed by atoms with Gasteiger partial charge in [-0.05, 0) is 47.9 Å². The van der Waals surface area contributed by atoms with Crippen molar-refractivity contribution >= 4 is 27.4 Å². The number of hydrogen-bond acceptors (Lipinski definition) is 4. The van der Waals surface area contributed by atoms with E-state index in [0.717, 1.165) is 23.4 Å². The highest BCUT2D eigenvalue weighted by molar-refractivity contribution is 9.10. The van der Waals surface area contributed by atoms with Crippen LogP contribution in [-0.4, -0.2) is 42.6 Å². The van der Waals surface area contributed by atoms with Gasteiger partial charge in [0, 0.05) is 19.6 Å². The summed E-state index contributed by atoms with van der Waals surface area (Å²) >= 11 is 3.53. The molecule has 100 valence electrons. The molecule has 18 heavy (non-hydrogen) atoms. The second-order valence-electron chi connectivity index (χ2n) is 4.88.